The highest BCUT2D eigenvalue weighted by Crippen LogP contribution is 2.15. The van der Waals surface area contributed by atoms with E-state index in [0.29, 0.717) is 6.61 Å². The van der Waals surface area contributed by atoms with E-state index >= 15 is 0 Å². The van der Waals surface area contributed by atoms with Crippen LogP contribution in [0.3, 0.4) is 0 Å². The van der Waals surface area contributed by atoms with E-state index in [2.05, 4.69) is 62.5 Å². The van der Waals surface area contributed by atoms with Crippen molar-refractivity contribution in [2.75, 3.05) is 13.2 Å². The Morgan fingerprint density at radius 2 is 1.59 bits per heavy atom. The summed E-state index contributed by atoms with van der Waals surface area (Å²) >= 11 is 0. The fourth-order valence-corrected chi connectivity index (χ4v) is 2.06. The van der Waals surface area contributed by atoms with E-state index in [1.807, 2.05) is 30.3 Å². The monoisotopic (exact) mass is 295 g/mol. The summed E-state index contributed by atoms with van der Waals surface area (Å²) in [6.07, 6.45) is 4.22. The average Bonchev–Trinajstić information content (AvgIpc) is 2.50. The minimum atomic E-state index is 0.129. The zero-order chi connectivity index (χ0) is 15.8. The van der Waals surface area contributed by atoms with E-state index in [4.69, 9.17) is 4.74 Å². The van der Waals surface area contributed by atoms with Crippen LogP contribution in [0, 0.1) is 0 Å². The molecule has 0 unspecified atom stereocenters. The molecule has 0 aliphatic carbocycles. The summed E-state index contributed by atoms with van der Waals surface area (Å²) in [5, 5.41) is 3.41. The molecule has 116 valence electrons. The third-order valence-corrected chi connectivity index (χ3v) is 3.15. The first-order valence-corrected chi connectivity index (χ1v) is 7.74. The highest BCUT2D eigenvalue weighted by atomic mass is 16.5. The van der Waals surface area contributed by atoms with Crippen LogP contribution in [0.1, 0.15) is 31.9 Å². The Morgan fingerprint density at radius 3 is 2.32 bits per heavy atom. The molecule has 0 aliphatic rings. The molecule has 2 rings (SSSR count). The first kappa shape index (κ1) is 16.3. The molecule has 0 atom stereocenters. The quantitative estimate of drug-likeness (QED) is 0.620. The number of hydrogen-bond donors (Lipinski definition) is 1. The molecule has 0 aromatic heterocycles. The molecular weight excluding hydrogens is 270 g/mol. The van der Waals surface area contributed by atoms with Gasteiger partial charge in [-0.1, -0.05) is 54.6 Å². The fraction of sp³-hybridized carbons (Fsp3) is 0.300. The zero-order valence-electron chi connectivity index (χ0n) is 13.7. The third kappa shape index (κ3) is 6.15. The van der Waals surface area contributed by atoms with Crippen molar-refractivity contribution in [1.29, 1.82) is 0 Å². The van der Waals surface area contributed by atoms with Gasteiger partial charge in [-0.25, -0.2) is 0 Å². The molecule has 2 heteroatoms. The minimum Gasteiger partial charge on any atom is -0.492 e. The Hall–Kier alpha value is -2.06. The lowest BCUT2D eigenvalue weighted by molar-refractivity contribution is 0.291. The van der Waals surface area contributed by atoms with Crippen LogP contribution in [-0.2, 0) is 0 Å². The molecule has 0 bridgehead atoms. The zero-order valence-corrected chi connectivity index (χ0v) is 13.7. The second-order valence-corrected chi connectivity index (χ2v) is 6.34. The second kappa shape index (κ2) is 7.81. The van der Waals surface area contributed by atoms with Crippen molar-refractivity contribution in [1.82, 2.24) is 5.32 Å². The minimum absolute atomic E-state index is 0.129. The highest BCUT2D eigenvalue weighted by molar-refractivity contribution is 5.70. The van der Waals surface area contributed by atoms with Crippen LogP contribution in [0.4, 0.5) is 0 Å². The van der Waals surface area contributed by atoms with Crippen molar-refractivity contribution >= 4 is 12.2 Å². The number of nitrogens with one attached hydrogen (secondary N) is 1. The standard InChI is InChI=1S/C20H25NO/c1-20(2,3)21-14-15-22-19-11-7-10-18(16-19)13-12-17-8-5-4-6-9-17/h4-13,16,21H,14-15H2,1-3H3. The molecule has 1 N–H and O–H groups in total. The van der Waals surface area contributed by atoms with Crippen molar-refractivity contribution in [3.63, 3.8) is 0 Å². The fourth-order valence-electron chi connectivity index (χ4n) is 2.06. The van der Waals surface area contributed by atoms with Gasteiger partial charge in [-0.15, -0.1) is 0 Å². The lowest BCUT2D eigenvalue weighted by Crippen LogP contribution is -2.38. The summed E-state index contributed by atoms with van der Waals surface area (Å²) in [5.41, 5.74) is 2.47. The number of ether oxygens (including phenoxy) is 1. The van der Waals surface area contributed by atoms with Gasteiger partial charge in [0, 0.05) is 12.1 Å². The lowest BCUT2D eigenvalue weighted by Gasteiger charge is -2.20. The van der Waals surface area contributed by atoms with Crippen LogP contribution >= 0.6 is 0 Å². The molecule has 2 aromatic carbocycles. The van der Waals surface area contributed by atoms with E-state index in [0.717, 1.165) is 17.9 Å². The van der Waals surface area contributed by atoms with Crippen LogP contribution in [0.15, 0.2) is 54.6 Å². The maximum absolute atomic E-state index is 5.80. The van der Waals surface area contributed by atoms with Crippen molar-refractivity contribution in [3.8, 4) is 5.75 Å². The van der Waals surface area contributed by atoms with Crippen molar-refractivity contribution in [2.24, 2.45) is 0 Å². The molecule has 2 aromatic rings. The Morgan fingerprint density at radius 1 is 0.909 bits per heavy atom. The average molecular weight is 295 g/mol. The Bertz CT molecular complexity index is 597. The first-order valence-electron chi connectivity index (χ1n) is 7.74. The predicted octanol–water partition coefficient (Wildman–Crippen LogP) is 4.62. The van der Waals surface area contributed by atoms with Crippen LogP contribution in [0.2, 0.25) is 0 Å². The number of benzene rings is 2. The molecule has 0 amide bonds. The van der Waals surface area contributed by atoms with Gasteiger partial charge in [-0.2, -0.15) is 0 Å². The lowest BCUT2D eigenvalue weighted by atomic mass is 10.1. The number of rotatable bonds is 6. The molecule has 0 spiro atoms. The van der Waals surface area contributed by atoms with Gasteiger partial charge in [0.2, 0.25) is 0 Å². The second-order valence-electron chi connectivity index (χ2n) is 6.34. The van der Waals surface area contributed by atoms with Gasteiger partial charge < -0.3 is 10.1 Å². The summed E-state index contributed by atoms with van der Waals surface area (Å²) in [5.74, 6) is 0.908. The summed E-state index contributed by atoms with van der Waals surface area (Å²) in [7, 11) is 0. The van der Waals surface area contributed by atoms with Crippen LogP contribution < -0.4 is 10.1 Å². The van der Waals surface area contributed by atoms with Gasteiger partial charge in [0.15, 0.2) is 0 Å². The van der Waals surface area contributed by atoms with Crippen LogP contribution in [0.25, 0.3) is 12.2 Å². The first-order chi connectivity index (χ1) is 10.5. The molecule has 22 heavy (non-hydrogen) atoms. The van der Waals surface area contributed by atoms with E-state index in [-0.39, 0.29) is 5.54 Å². The van der Waals surface area contributed by atoms with Crippen molar-refractivity contribution in [3.05, 3.63) is 65.7 Å². The molecule has 0 heterocycles. The molecule has 0 saturated heterocycles. The van der Waals surface area contributed by atoms with E-state index in [1.54, 1.807) is 0 Å². The number of hydrogen-bond acceptors (Lipinski definition) is 2. The third-order valence-electron chi connectivity index (χ3n) is 3.15. The van der Waals surface area contributed by atoms with Crippen molar-refractivity contribution < 1.29 is 4.74 Å². The Labute approximate surface area is 133 Å². The van der Waals surface area contributed by atoms with Crippen LogP contribution in [-0.4, -0.2) is 18.7 Å². The maximum Gasteiger partial charge on any atom is 0.119 e. The van der Waals surface area contributed by atoms with Gasteiger partial charge in [0.25, 0.3) is 0 Å². The van der Waals surface area contributed by atoms with Gasteiger partial charge >= 0.3 is 0 Å². The van der Waals surface area contributed by atoms with Gasteiger partial charge in [0.05, 0.1) is 0 Å². The molecule has 0 saturated carbocycles. The largest absolute Gasteiger partial charge is 0.492 e. The smallest absolute Gasteiger partial charge is 0.119 e. The molecule has 2 nitrogen and oxygen atoms in total. The topological polar surface area (TPSA) is 21.3 Å². The predicted molar refractivity (Wildman–Crippen MR) is 95.1 cm³/mol. The van der Waals surface area contributed by atoms with Gasteiger partial charge in [0.1, 0.15) is 12.4 Å². The summed E-state index contributed by atoms with van der Waals surface area (Å²) < 4.78 is 5.80. The van der Waals surface area contributed by atoms with Crippen LogP contribution in [0.5, 0.6) is 5.75 Å². The summed E-state index contributed by atoms with van der Waals surface area (Å²) in [6, 6.07) is 18.5. The van der Waals surface area contributed by atoms with Gasteiger partial charge in [-0.3, -0.25) is 0 Å². The Balaban J connectivity index is 1.89. The Kier molecular flexibility index (Phi) is 5.79. The van der Waals surface area contributed by atoms with E-state index in [1.165, 1.54) is 5.56 Å². The summed E-state index contributed by atoms with van der Waals surface area (Å²) in [4.78, 5) is 0. The van der Waals surface area contributed by atoms with Gasteiger partial charge in [-0.05, 0) is 44.0 Å². The molecule has 0 fully saturated rings. The maximum atomic E-state index is 5.80. The van der Waals surface area contributed by atoms with E-state index in [9.17, 15) is 0 Å². The highest BCUT2D eigenvalue weighted by Gasteiger charge is 2.07. The normalized spacial score (nSPS) is 11.8. The van der Waals surface area contributed by atoms with Crippen molar-refractivity contribution in [2.45, 2.75) is 26.3 Å². The van der Waals surface area contributed by atoms with E-state index < -0.39 is 0 Å². The molecule has 0 radical (unpaired) electrons. The SMILES string of the molecule is CC(C)(C)NCCOc1cccc(C=Cc2ccccc2)c1. The molecule has 0 aliphatic heterocycles. The molecular formula is C20H25NO. The summed E-state index contributed by atoms with van der Waals surface area (Å²) in [6.45, 7) is 7.97.